The highest BCUT2D eigenvalue weighted by molar-refractivity contribution is 9.10. The predicted molar refractivity (Wildman–Crippen MR) is 90.6 cm³/mol. The second kappa shape index (κ2) is 7.41. The number of hydrogen-bond donors (Lipinski definition) is 1. The third-order valence-corrected chi connectivity index (χ3v) is 4.71. The molecule has 2 rings (SSSR count). The fourth-order valence-corrected chi connectivity index (χ4v) is 3.37. The van der Waals surface area contributed by atoms with Crippen molar-refractivity contribution in [2.45, 2.75) is 39.7 Å². The Morgan fingerprint density at radius 1 is 1.38 bits per heavy atom. The van der Waals surface area contributed by atoms with Crippen molar-refractivity contribution in [3.05, 3.63) is 33.8 Å². The Labute approximate surface area is 136 Å². The zero-order chi connectivity index (χ0) is 15.4. The summed E-state index contributed by atoms with van der Waals surface area (Å²) in [5, 5.41) is 3.38. The Balaban J connectivity index is 2.14. The minimum absolute atomic E-state index is 0.161. The number of nitrogens with one attached hydrogen (secondary N) is 1. The van der Waals surface area contributed by atoms with Gasteiger partial charge in [0.25, 0.3) is 5.91 Å². The van der Waals surface area contributed by atoms with Gasteiger partial charge in [-0.1, -0.05) is 15.9 Å². The molecule has 1 aliphatic heterocycles. The summed E-state index contributed by atoms with van der Waals surface area (Å²) in [6, 6.07) is 6.12. The highest BCUT2D eigenvalue weighted by atomic mass is 79.9. The van der Waals surface area contributed by atoms with Gasteiger partial charge in [0.05, 0.1) is 0 Å². The molecule has 0 unspecified atom stereocenters. The topological polar surface area (TPSA) is 32.3 Å². The van der Waals surface area contributed by atoms with Crippen LogP contribution in [0.5, 0.6) is 0 Å². The summed E-state index contributed by atoms with van der Waals surface area (Å²) in [5.41, 5.74) is 1.85. The number of halogens is 1. The summed E-state index contributed by atoms with van der Waals surface area (Å²) >= 11 is 3.46. The molecule has 1 fully saturated rings. The Morgan fingerprint density at radius 2 is 2.05 bits per heavy atom. The molecule has 3 nitrogen and oxygen atoms in total. The normalized spacial score (nSPS) is 16.2. The lowest BCUT2D eigenvalue weighted by atomic mass is 9.96. The van der Waals surface area contributed by atoms with Crippen LogP contribution >= 0.6 is 15.9 Å². The van der Waals surface area contributed by atoms with Crippen LogP contribution < -0.4 is 5.32 Å². The molecule has 4 heteroatoms. The van der Waals surface area contributed by atoms with Crippen molar-refractivity contribution in [2.24, 2.45) is 5.92 Å². The highest BCUT2D eigenvalue weighted by Gasteiger charge is 2.24. The average molecular weight is 353 g/mol. The van der Waals surface area contributed by atoms with Crippen molar-refractivity contribution in [1.29, 1.82) is 0 Å². The molecule has 1 saturated heterocycles. The van der Waals surface area contributed by atoms with Gasteiger partial charge in [-0.05, 0) is 76.4 Å². The van der Waals surface area contributed by atoms with Crippen molar-refractivity contribution in [3.63, 3.8) is 0 Å². The Bertz CT molecular complexity index is 496. The third-order valence-electron chi connectivity index (χ3n) is 4.22. The first-order valence-corrected chi connectivity index (χ1v) is 8.56. The number of piperidine rings is 1. The summed E-state index contributed by atoms with van der Waals surface area (Å²) in [6.07, 6.45) is 2.33. The van der Waals surface area contributed by atoms with E-state index in [1.54, 1.807) is 0 Å². The van der Waals surface area contributed by atoms with Gasteiger partial charge in [0.2, 0.25) is 0 Å². The van der Waals surface area contributed by atoms with E-state index in [-0.39, 0.29) is 11.9 Å². The van der Waals surface area contributed by atoms with Crippen LogP contribution in [-0.4, -0.2) is 36.5 Å². The molecule has 0 saturated carbocycles. The molecule has 0 spiro atoms. The first-order chi connectivity index (χ1) is 9.99. The van der Waals surface area contributed by atoms with E-state index in [2.05, 4.69) is 35.1 Å². The van der Waals surface area contributed by atoms with Gasteiger partial charge < -0.3 is 10.2 Å². The molecule has 1 amide bonds. The van der Waals surface area contributed by atoms with E-state index in [1.165, 1.54) is 0 Å². The molecule has 0 aliphatic carbocycles. The van der Waals surface area contributed by atoms with E-state index >= 15 is 0 Å². The van der Waals surface area contributed by atoms with Gasteiger partial charge in [-0.15, -0.1) is 0 Å². The van der Waals surface area contributed by atoms with Crippen LogP contribution in [0.3, 0.4) is 0 Å². The second-order valence-electron chi connectivity index (χ2n) is 6.20. The summed E-state index contributed by atoms with van der Waals surface area (Å²) in [5.74, 6) is 0.780. The van der Waals surface area contributed by atoms with E-state index < -0.39 is 0 Å². The van der Waals surface area contributed by atoms with E-state index in [0.717, 1.165) is 48.1 Å². The fraction of sp³-hybridized carbons (Fsp3) is 0.588. The van der Waals surface area contributed by atoms with Crippen LogP contribution in [0.1, 0.15) is 42.6 Å². The number of carbonyl (C=O) groups is 1. The van der Waals surface area contributed by atoms with Gasteiger partial charge in [-0.2, -0.15) is 0 Å². The van der Waals surface area contributed by atoms with E-state index in [0.29, 0.717) is 5.92 Å². The molecule has 1 aliphatic rings. The summed E-state index contributed by atoms with van der Waals surface area (Å²) in [7, 11) is 0. The molecule has 0 radical (unpaired) electrons. The summed E-state index contributed by atoms with van der Waals surface area (Å²) in [6.45, 7) is 9.22. The number of rotatable bonds is 4. The minimum atomic E-state index is 0.161. The predicted octanol–water partition coefficient (Wildman–Crippen LogP) is 3.61. The zero-order valence-corrected chi connectivity index (χ0v) is 14.7. The van der Waals surface area contributed by atoms with E-state index in [1.807, 2.05) is 30.0 Å². The molecule has 0 bridgehead atoms. The maximum absolute atomic E-state index is 12.9. The lowest BCUT2D eigenvalue weighted by molar-refractivity contribution is 0.0657. The van der Waals surface area contributed by atoms with Gasteiger partial charge in [0.15, 0.2) is 0 Å². The van der Waals surface area contributed by atoms with Gasteiger partial charge in [0, 0.05) is 22.6 Å². The minimum Gasteiger partial charge on any atom is -0.336 e. The Kier molecular flexibility index (Phi) is 5.82. The molecular formula is C17H25BrN2O. The first-order valence-electron chi connectivity index (χ1n) is 7.77. The van der Waals surface area contributed by atoms with Crippen LogP contribution in [0.4, 0.5) is 0 Å². The van der Waals surface area contributed by atoms with Crippen molar-refractivity contribution < 1.29 is 4.79 Å². The van der Waals surface area contributed by atoms with Crippen molar-refractivity contribution >= 4 is 21.8 Å². The van der Waals surface area contributed by atoms with Crippen LogP contribution in [0.25, 0.3) is 0 Å². The SMILES string of the molecule is Cc1cc(Br)ccc1C(=O)N(CC1CCNCC1)C(C)C. The molecule has 0 aromatic heterocycles. The number of aryl methyl sites for hydroxylation is 1. The lowest BCUT2D eigenvalue weighted by Gasteiger charge is -2.33. The van der Waals surface area contributed by atoms with Crippen molar-refractivity contribution in [3.8, 4) is 0 Å². The average Bonchev–Trinajstić information content (AvgIpc) is 2.45. The third kappa shape index (κ3) is 4.30. The standard InChI is InChI=1S/C17H25BrN2O/c1-12(2)20(11-14-6-8-19-9-7-14)17(21)16-5-4-15(18)10-13(16)3/h4-5,10,12,14,19H,6-9,11H2,1-3H3. The summed E-state index contributed by atoms with van der Waals surface area (Å²) in [4.78, 5) is 14.9. The number of nitrogens with zero attached hydrogens (tertiary/aromatic N) is 1. The van der Waals surface area contributed by atoms with Crippen molar-refractivity contribution in [2.75, 3.05) is 19.6 Å². The molecule has 1 heterocycles. The van der Waals surface area contributed by atoms with E-state index in [9.17, 15) is 4.79 Å². The smallest absolute Gasteiger partial charge is 0.254 e. The van der Waals surface area contributed by atoms with Crippen molar-refractivity contribution in [1.82, 2.24) is 10.2 Å². The number of hydrogen-bond acceptors (Lipinski definition) is 2. The van der Waals surface area contributed by atoms with Crippen LogP contribution in [0.2, 0.25) is 0 Å². The highest BCUT2D eigenvalue weighted by Crippen LogP contribution is 2.21. The second-order valence-corrected chi connectivity index (χ2v) is 7.12. The lowest BCUT2D eigenvalue weighted by Crippen LogP contribution is -2.43. The molecule has 1 N–H and O–H groups in total. The fourth-order valence-electron chi connectivity index (χ4n) is 2.89. The van der Waals surface area contributed by atoms with Crippen LogP contribution in [0, 0.1) is 12.8 Å². The molecule has 1 aromatic carbocycles. The quantitative estimate of drug-likeness (QED) is 0.897. The molecule has 1 aromatic rings. The van der Waals surface area contributed by atoms with Crippen LogP contribution in [0.15, 0.2) is 22.7 Å². The van der Waals surface area contributed by atoms with Gasteiger partial charge in [0.1, 0.15) is 0 Å². The maximum atomic E-state index is 12.9. The molecular weight excluding hydrogens is 328 g/mol. The molecule has 116 valence electrons. The molecule has 21 heavy (non-hydrogen) atoms. The van der Waals surface area contributed by atoms with E-state index in [4.69, 9.17) is 0 Å². The van der Waals surface area contributed by atoms with Gasteiger partial charge in [-0.3, -0.25) is 4.79 Å². The summed E-state index contributed by atoms with van der Waals surface area (Å²) < 4.78 is 1.02. The molecule has 0 atom stereocenters. The Hall–Kier alpha value is -0.870. The first kappa shape index (κ1) is 16.5. The zero-order valence-electron chi connectivity index (χ0n) is 13.2. The number of carbonyl (C=O) groups excluding carboxylic acids is 1. The largest absolute Gasteiger partial charge is 0.336 e. The Morgan fingerprint density at radius 3 is 2.62 bits per heavy atom. The van der Waals surface area contributed by atoms with Gasteiger partial charge in [-0.25, -0.2) is 0 Å². The number of amides is 1. The number of benzene rings is 1. The van der Waals surface area contributed by atoms with Crippen LogP contribution in [-0.2, 0) is 0 Å². The maximum Gasteiger partial charge on any atom is 0.254 e. The van der Waals surface area contributed by atoms with Gasteiger partial charge >= 0.3 is 0 Å². The monoisotopic (exact) mass is 352 g/mol.